The number of carbonyl (C=O) groups excluding carboxylic acids is 2. The Labute approximate surface area is 169 Å². The van der Waals surface area contributed by atoms with Crippen LogP contribution in [-0.4, -0.2) is 33.5 Å². The average molecular weight is 446 g/mol. The fraction of sp³-hybridized carbons (Fsp3) is 0.222. The van der Waals surface area contributed by atoms with Gasteiger partial charge in [-0.25, -0.2) is 18.4 Å². The summed E-state index contributed by atoms with van der Waals surface area (Å²) < 4.78 is 70.7. The second-order valence-corrected chi connectivity index (χ2v) is 7.58. The fourth-order valence-electron chi connectivity index (χ4n) is 2.29. The molecule has 0 bridgehead atoms. The van der Waals surface area contributed by atoms with E-state index < -0.39 is 39.7 Å². The maximum absolute atomic E-state index is 12.6. The Kier molecular flexibility index (Phi) is 6.73. The first-order valence-electron chi connectivity index (χ1n) is 8.23. The van der Waals surface area contributed by atoms with Gasteiger partial charge in [-0.05, 0) is 49.4 Å². The van der Waals surface area contributed by atoms with Crippen molar-refractivity contribution in [2.24, 2.45) is 5.14 Å². The van der Waals surface area contributed by atoms with Crippen molar-refractivity contribution in [1.29, 1.82) is 0 Å². The number of carbonyl (C=O) groups is 2. The largest absolute Gasteiger partial charge is 0.496 e. The molecule has 2 rings (SSSR count). The van der Waals surface area contributed by atoms with Crippen molar-refractivity contribution in [1.82, 2.24) is 0 Å². The van der Waals surface area contributed by atoms with Crippen molar-refractivity contribution in [2.45, 2.75) is 24.1 Å². The van der Waals surface area contributed by atoms with Gasteiger partial charge in [0.1, 0.15) is 11.3 Å². The number of amides is 1. The van der Waals surface area contributed by atoms with Gasteiger partial charge >= 0.3 is 12.1 Å². The van der Waals surface area contributed by atoms with E-state index in [-0.39, 0.29) is 21.9 Å². The number of nitrogens with one attached hydrogen (secondary N) is 1. The Bertz CT molecular complexity index is 1050. The standard InChI is InChI=1S/C18H17F3N2O6S/c1-10(16(24)23-12-5-3-11(4-6-12)18(19,20)21)29-17(25)14-9-13(30(22,26)27)7-8-15(14)28-2/h3-10H,1-2H3,(H,23,24)(H2,22,26,27)/t10-/m0/s1. The van der Waals surface area contributed by atoms with Crippen LogP contribution in [0.15, 0.2) is 47.4 Å². The van der Waals surface area contributed by atoms with E-state index in [1.165, 1.54) is 20.1 Å². The number of alkyl halides is 3. The number of benzene rings is 2. The highest BCUT2D eigenvalue weighted by atomic mass is 32.2. The lowest BCUT2D eigenvalue weighted by molar-refractivity contribution is -0.137. The maximum atomic E-state index is 12.6. The summed E-state index contributed by atoms with van der Waals surface area (Å²) in [7, 11) is -2.87. The molecule has 0 aromatic heterocycles. The molecule has 3 N–H and O–H groups in total. The zero-order valence-corrected chi connectivity index (χ0v) is 16.5. The zero-order valence-electron chi connectivity index (χ0n) is 15.7. The Hall–Kier alpha value is -3.12. The molecule has 2 aromatic carbocycles. The van der Waals surface area contributed by atoms with Crippen LogP contribution in [0.5, 0.6) is 5.75 Å². The van der Waals surface area contributed by atoms with Gasteiger partial charge in [0.05, 0.1) is 17.6 Å². The van der Waals surface area contributed by atoms with Crippen molar-refractivity contribution in [2.75, 3.05) is 12.4 Å². The summed E-state index contributed by atoms with van der Waals surface area (Å²) >= 11 is 0. The van der Waals surface area contributed by atoms with Gasteiger partial charge < -0.3 is 14.8 Å². The minimum Gasteiger partial charge on any atom is -0.496 e. The van der Waals surface area contributed by atoms with E-state index in [0.717, 1.165) is 36.4 Å². The lowest BCUT2D eigenvalue weighted by atomic mass is 10.2. The zero-order chi connectivity index (χ0) is 22.7. The third kappa shape index (κ3) is 5.70. The Morgan fingerprint density at radius 2 is 1.70 bits per heavy atom. The lowest BCUT2D eigenvalue weighted by Gasteiger charge is -2.15. The second kappa shape index (κ2) is 8.71. The molecule has 0 aliphatic rings. The molecule has 0 aliphatic heterocycles. The number of anilines is 1. The van der Waals surface area contributed by atoms with Crippen LogP contribution in [0.1, 0.15) is 22.8 Å². The number of nitrogens with two attached hydrogens (primary N) is 1. The van der Waals surface area contributed by atoms with Crippen molar-refractivity contribution in [3.05, 3.63) is 53.6 Å². The molecule has 12 heteroatoms. The molecule has 0 radical (unpaired) electrons. The first-order chi connectivity index (χ1) is 13.8. The summed E-state index contributed by atoms with van der Waals surface area (Å²) in [5, 5.41) is 7.35. The molecular weight excluding hydrogens is 429 g/mol. The molecule has 162 valence electrons. The van der Waals surface area contributed by atoms with Crippen LogP contribution >= 0.6 is 0 Å². The molecule has 0 heterocycles. The molecule has 2 aromatic rings. The summed E-state index contributed by atoms with van der Waals surface area (Å²) in [6.45, 7) is 1.23. The maximum Gasteiger partial charge on any atom is 0.416 e. The highest BCUT2D eigenvalue weighted by Gasteiger charge is 2.30. The summed E-state index contributed by atoms with van der Waals surface area (Å²) in [4.78, 5) is 24.2. The van der Waals surface area contributed by atoms with Crippen molar-refractivity contribution in [3.63, 3.8) is 0 Å². The highest BCUT2D eigenvalue weighted by molar-refractivity contribution is 7.89. The lowest BCUT2D eigenvalue weighted by Crippen LogP contribution is -2.30. The molecule has 0 saturated carbocycles. The van der Waals surface area contributed by atoms with E-state index >= 15 is 0 Å². The molecule has 0 unspecified atom stereocenters. The molecule has 0 fully saturated rings. The van der Waals surface area contributed by atoms with Gasteiger partial charge in [-0.1, -0.05) is 0 Å². The van der Waals surface area contributed by atoms with E-state index in [9.17, 15) is 31.2 Å². The third-order valence-corrected chi connectivity index (χ3v) is 4.76. The minimum atomic E-state index is -4.52. The van der Waals surface area contributed by atoms with Crippen molar-refractivity contribution < 1.29 is 40.7 Å². The predicted molar refractivity (Wildman–Crippen MR) is 99.3 cm³/mol. The number of rotatable bonds is 6. The van der Waals surface area contributed by atoms with Crippen LogP contribution in [0.4, 0.5) is 18.9 Å². The van der Waals surface area contributed by atoms with Crippen molar-refractivity contribution >= 4 is 27.6 Å². The van der Waals surface area contributed by atoms with Crippen LogP contribution in [-0.2, 0) is 25.7 Å². The van der Waals surface area contributed by atoms with Crippen LogP contribution in [0.25, 0.3) is 0 Å². The van der Waals surface area contributed by atoms with E-state index in [1.54, 1.807) is 0 Å². The Morgan fingerprint density at radius 1 is 1.10 bits per heavy atom. The van der Waals surface area contributed by atoms with Gasteiger partial charge in [-0.15, -0.1) is 0 Å². The molecule has 0 saturated heterocycles. The van der Waals surface area contributed by atoms with Gasteiger partial charge in [0.25, 0.3) is 5.91 Å². The first kappa shape index (κ1) is 23.2. The topological polar surface area (TPSA) is 125 Å². The Balaban J connectivity index is 2.12. The summed E-state index contributed by atoms with van der Waals surface area (Å²) in [5.41, 5.74) is -1.11. The van der Waals surface area contributed by atoms with E-state index in [0.29, 0.717) is 0 Å². The van der Waals surface area contributed by atoms with Gasteiger partial charge in [0.15, 0.2) is 6.10 Å². The predicted octanol–water partition coefficient (Wildman–Crippen LogP) is 2.55. The second-order valence-electron chi connectivity index (χ2n) is 6.02. The number of ether oxygens (including phenoxy) is 2. The summed E-state index contributed by atoms with van der Waals surface area (Å²) in [6.07, 6.45) is -5.88. The third-order valence-electron chi connectivity index (χ3n) is 3.85. The average Bonchev–Trinajstić information content (AvgIpc) is 2.66. The van der Waals surface area contributed by atoms with Crippen LogP contribution < -0.4 is 15.2 Å². The number of sulfonamides is 1. The molecule has 1 atom stereocenters. The number of methoxy groups -OCH3 is 1. The van der Waals surface area contributed by atoms with E-state index in [4.69, 9.17) is 14.6 Å². The molecule has 0 spiro atoms. The molecular formula is C18H17F3N2O6S. The summed E-state index contributed by atoms with van der Waals surface area (Å²) in [5.74, 6) is -1.89. The van der Waals surface area contributed by atoms with Gasteiger partial charge in [-0.3, -0.25) is 4.79 Å². The quantitative estimate of drug-likeness (QED) is 0.657. The Morgan fingerprint density at radius 3 is 2.20 bits per heavy atom. The smallest absolute Gasteiger partial charge is 0.416 e. The van der Waals surface area contributed by atoms with Gasteiger partial charge in [0, 0.05) is 5.69 Å². The normalized spacial score (nSPS) is 12.7. The number of primary sulfonamides is 1. The number of esters is 1. The first-order valence-corrected chi connectivity index (χ1v) is 9.77. The number of hydrogen-bond donors (Lipinski definition) is 2. The highest BCUT2D eigenvalue weighted by Crippen LogP contribution is 2.30. The summed E-state index contributed by atoms with van der Waals surface area (Å²) in [6, 6.07) is 6.94. The van der Waals surface area contributed by atoms with E-state index in [2.05, 4.69) is 5.32 Å². The van der Waals surface area contributed by atoms with Crippen LogP contribution in [0.3, 0.4) is 0 Å². The SMILES string of the molecule is COc1ccc(S(N)(=O)=O)cc1C(=O)O[C@@H](C)C(=O)Nc1ccc(C(F)(F)F)cc1. The van der Waals surface area contributed by atoms with Crippen LogP contribution in [0, 0.1) is 0 Å². The molecule has 1 amide bonds. The fourth-order valence-corrected chi connectivity index (χ4v) is 2.83. The number of hydrogen-bond acceptors (Lipinski definition) is 6. The molecule has 0 aliphatic carbocycles. The van der Waals surface area contributed by atoms with Crippen LogP contribution in [0.2, 0.25) is 0 Å². The molecule has 8 nitrogen and oxygen atoms in total. The van der Waals surface area contributed by atoms with Crippen molar-refractivity contribution in [3.8, 4) is 5.75 Å². The minimum absolute atomic E-state index is 0.0113. The molecule has 30 heavy (non-hydrogen) atoms. The van der Waals surface area contributed by atoms with Gasteiger partial charge in [-0.2, -0.15) is 13.2 Å². The monoisotopic (exact) mass is 446 g/mol. The number of halogens is 3. The van der Waals surface area contributed by atoms with E-state index in [1.807, 2.05) is 0 Å². The van der Waals surface area contributed by atoms with Gasteiger partial charge in [0.2, 0.25) is 10.0 Å².